The van der Waals surface area contributed by atoms with Gasteiger partial charge in [0.2, 0.25) is 0 Å². The number of hydrogen-bond acceptors (Lipinski definition) is 3. The van der Waals surface area contributed by atoms with Gasteiger partial charge in [-0.15, -0.1) is 0 Å². The Bertz CT molecular complexity index is 1180. The van der Waals surface area contributed by atoms with Gasteiger partial charge >= 0.3 is 0 Å². The number of halogens is 1. The van der Waals surface area contributed by atoms with E-state index in [2.05, 4.69) is 78.8 Å². The first kappa shape index (κ1) is 21.8. The first-order chi connectivity index (χ1) is 15.6. The Morgan fingerprint density at radius 2 is 1.69 bits per heavy atom. The molecular formula is C28H28ClNOS. The van der Waals surface area contributed by atoms with Crippen LogP contribution in [0.4, 0.5) is 0 Å². The number of benzene rings is 3. The van der Waals surface area contributed by atoms with Crippen molar-refractivity contribution in [3.05, 3.63) is 98.6 Å². The van der Waals surface area contributed by atoms with E-state index in [0.29, 0.717) is 0 Å². The van der Waals surface area contributed by atoms with Crippen LogP contribution in [0.2, 0.25) is 5.02 Å². The number of fused-ring (bicyclic) bond motifs is 2. The number of nitrogens with zero attached hydrogens (tertiary/aromatic N) is 1. The van der Waals surface area contributed by atoms with Crippen molar-refractivity contribution in [2.45, 2.75) is 31.6 Å². The fraction of sp³-hybridized carbons (Fsp3) is 0.286. The molecule has 5 rings (SSSR count). The van der Waals surface area contributed by atoms with Crippen LogP contribution in [-0.2, 0) is 17.6 Å². The maximum Gasteiger partial charge on any atom is 0.0603 e. The highest BCUT2D eigenvalue weighted by Crippen LogP contribution is 2.39. The number of aryl methyl sites for hydroxylation is 3. The van der Waals surface area contributed by atoms with Crippen LogP contribution in [0.25, 0.3) is 11.6 Å². The van der Waals surface area contributed by atoms with Crippen LogP contribution in [0.15, 0.2) is 59.5 Å². The van der Waals surface area contributed by atoms with Crippen LogP contribution in [0.1, 0.15) is 38.9 Å². The number of morpholine rings is 1. The smallest absolute Gasteiger partial charge is 0.0603 e. The van der Waals surface area contributed by atoms with Crippen molar-refractivity contribution in [3.8, 4) is 0 Å². The van der Waals surface area contributed by atoms with E-state index in [1.165, 1.54) is 43.8 Å². The highest BCUT2D eigenvalue weighted by molar-refractivity contribution is 7.97. The first-order valence-electron chi connectivity index (χ1n) is 11.3. The molecule has 2 aliphatic rings. The van der Waals surface area contributed by atoms with Gasteiger partial charge in [-0.25, -0.2) is 4.31 Å². The van der Waals surface area contributed by atoms with E-state index in [0.717, 1.165) is 49.7 Å². The predicted molar refractivity (Wildman–Crippen MR) is 136 cm³/mol. The maximum atomic E-state index is 6.63. The molecule has 0 N–H and O–H groups in total. The minimum Gasteiger partial charge on any atom is -0.379 e. The van der Waals surface area contributed by atoms with Gasteiger partial charge in [0.25, 0.3) is 0 Å². The Labute approximate surface area is 200 Å². The Morgan fingerprint density at radius 1 is 0.906 bits per heavy atom. The van der Waals surface area contributed by atoms with Crippen LogP contribution >= 0.6 is 23.5 Å². The Balaban J connectivity index is 1.68. The van der Waals surface area contributed by atoms with E-state index in [1.54, 1.807) is 0 Å². The lowest BCUT2D eigenvalue weighted by molar-refractivity contribution is 0.0773. The highest BCUT2D eigenvalue weighted by Gasteiger charge is 2.21. The van der Waals surface area contributed by atoms with E-state index in [1.807, 2.05) is 11.9 Å². The summed E-state index contributed by atoms with van der Waals surface area (Å²) in [7, 11) is 0. The molecule has 3 aromatic rings. The Hall–Kier alpha value is -2.04. The number of rotatable bonds is 3. The molecule has 32 heavy (non-hydrogen) atoms. The lowest BCUT2D eigenvalue weighted by Crippen LogP contribution is -2.31. The molecule has 0 saturated carbocycles. The zero-order chi connectivity index (χ0) is 22.1. The third-order valence-electron chi connectivity index (χ3n) is 6.44. The molecule has 1 heterocycles. The van der Waals surface area contributed by atoms with Crippen molar-refractivity contribution < 1.29 is 4.74 Å². The van der Waals surface area contributed by atoms with Crippen molar-refractivity contribution >= 4 is 35.2 Å². The van der Waals surface area contributed by atoms with Gasteiger partial charge in [-0.1, -0.05) is 54.1 Å². The molecule has 164 valence electrons. The maximum absolute atomic E-state index is 6.63. The van der Waals surface area contributed by atoms with E-state index in [9.17, 15) is 0 Å². The molecule has 1 fully saturated rings. The van der Waals surface area contributed by atoms with Crippen molar-refractivity contribution in [1.29, 1.82) is 0 Å². The molecule has 0 spiro atoms. The summed E-state index contributed by atoms with van der Waals surface area (Å²) in [6.07, 6.45) is 4.49. The molecule has 1 aliphatic carbocycles. The molecule has 0 unspecified atom stereocenters. The topological polar surface area (TPSA) is 12.5 Å². The summed E-state index contributed by atoms with van der Waals surface area (Å²) in [5.74, 6) is 0. The molecular weight excluding hydrogens is 434 g/mol. The molecule has 4 heteroatoms. The second-order valence-corrected chi connectivity index (χ2v) is 10.1. The summed E-state index contributed by atoms with van der Waals surface area (Å²) in [5, 5.41) is 0.814. The SMILES string of the molecule is Cc1cc(SN2CCOCC2)c(/C=C2/c3ccccc3CCc3c(C)cccc32)cc1Cl. The summed E-state index contributed by atoms with van der Waals surface area (Å²) in [4.78, 5) is 1.25. The van der Waals surface area contributed by atoms with Gasteiger partial charge in [-0.05, 0) is 101 Å². The molecule has 2 nitrogen and oxygen atoms in total. The number of hydrogen-bond donors (Lipinski definition) is 0. The molecule has 1 aliphatic heterocycles. The van der Waals surface area contributed by atoms with Gasteiger partial charge in [-0.2, -0.15) is 0 Å². The highest BCUT2D eigenvalue weighted by atomic mass is 35.5. The third-order valence-corrected chi connectivity index (χ3v) is 8.02. The van der Waals surface area contributed by atoms with E-state index >= 15 is 0 Å². The molecule has 0 atom stereocenters. The number of ether oxygens (including phenoxy) is 1. The molecule has 0 aromatic heterocycles. The van der Waals surface area contributed by atoms with Gasteiger partial charge < -0.3 is 4.74 Å². The average Bonchev–Trinajstić information content (AvgIpc) is 2.96. The van der Waals surface area contributed by atoms with Crippen LogP contribution in [0.3, 0.4) is 0 Å². The van der Waals surface area contributed by atoms with E-state index in [4.69, 9.17) is 16.3 Å². The minimum absolute atomic E-state index is 0.788. The quantitative estimate of drug-likeness (QED) is 0.390. The van der Waals surface area contributed by atoms with E-state index in [-0.39, 0.29) is 0 Å². The zero-order valence-electron chi connectivity index (χ0n) is 18.7. The predicted octanol–water partition coefficient (Wildman–Crippen LogP) is 6.98. The average molecular weight is 462 g/mol. The summed E-state index contributed by atoms with van der Waals surface area (Å²) < 4.78 is 7.94. The second kappa shape index (κ2) is 9.44. The fourth-order valence-corrected chi connectivity index (χ4v) is 5.88. The van der Waals surface area contributed by atoms with Gasteiger partial charge in [0.1, 0.15) is 0 Å². The largest absolute Gasteiger partial charge is 0.379 e. The molecule has 0 amide bonds. The normalized spacial score (nSPS) is 17.7. The third kappa shape index (κ3) is 4.40. The first-order valence-corrected chi connectivity index (χ1v) is 12.4. The summed E-state index contributed by atoms with van der Waals surface area (Å²) >= 11 is 8.46. The summed E-state index contributed by atoms with van der Waals surface area (Å²) in [5.41, 5.74) is 10.5. The second-order valence-electron chi connectivity index (χ2n) is 8.59. The van der Waals surface area contributed by atoms with Crippen LogP contribution in [0.5, 0.6) is 0 Å². The Morgan fingerprint density at radius 3 is 2.53 bits per heavy atom. The standard InChI is InChI=1S/C28H28ClNOS/c1-19-6-5-9-25-23(19)11-10-21-7-3-4-8-24(21)26(25)17-22-18-27(29)20(2)16-28(22)32-30-12-14-31-15-13-30/h3-9,16-18H,10-15H2,1-2H3/b26-17-. The lowest BCUT2D eigenvalue weighted by Gasteiger charge is -2.26. The summed E-state index contributed by atoms with van der Waals surface area (Å²) in [6, 6.07) is 19.9. The van der Waals surface area contributed by atoms with Crippen molar-refractivity contribution in [1.82, 2.24) is 4.31 Å². The van der Waals surface area contributed by atoms with Gasteiger partial charge in [0.05, 0.1) is 13.2 Å². The van der Waals surface area contributed by atoms with Crippen molar-refractivity contribution in [3.63, 3.8) is 0 Å². The van der Waals surface area contributed by atoms with Gasteiger partial charge in [0.15, 0.2) is 0 Å². The monoisotopic (exact) mass is 461 g/mol. The molecule has 3 aromatic carbocycles. The Kier molecular flexibility index (Phi) is 6.43. The minimum atomic E-state index is 0.788. The van der Waals surface area contributed by atoms with Crippen LogP contribution in [-0.4, -0.2) is 30.6 Å². The molecule has 0 bridgehead atoms. The molecule has 0 radical (unpaired) electrons. The lowest BCUT2D eigenvalue weighted by atomic mass is 9.90. The van der Waals surface area contributed by atoms with Crippen LogP contribution < -0.4 is 0 Å². The van der Waals surface area contributed by atoms with Crippen molar-refractivity contribution in [2.75, 3.05) is 26.3 Å². The zero-order valence-corrected chi connectivity index (χ0v) is 20.2. The molecule has 1 saturated heterocycles. The van der Waals surface area contributed by atoms with Gasteiger partial charge in [0, 0.05) is 23.0 Å². The van der Waals surface area contributed by atoms with Gasteiger partial charge in [-0.3, -0.25) is 0 Å². The summed E-state index contributed by atoms with van der Waals surface area (Å²) in [6.45, 7) is 7.77. The van der Waals surface area contributed by atoms with Crippen LogP contribution in [0, 0.1) is 13.8 Å². The van der Waals surface area contributed by atoms with E-state index < -0.39 is 0 Å². The van der Waals surface area contributed by atoms with Crippen molar-refractivity contribution in [2.24, 2.45) is 0 Å². The fourth-order valence-electron chi connectivity index (χ4n) is 4.64.